The van der Waals surface area contributed by atoms with Gasteiger partial charge in [-0.05, 0) is 84.4 Å². The average molecular weight is 504 g/mol. The van der Waals surface area contributed by atoms with E-state index in [0.29, 0.717) is 18.2 Å². The van der Waals surface area contributed by atoms with Crippen LogP contribution in [0.1, 0.15) is 75.1 Å². The molecule has 2 fully saturated rings. The van der Waals surface area contributed by atoms with Crippen LogP contribution in [0.3, 0.4) is 0 Å². The monoisotopic (exact) mass is 503 g/mol. The Morgan fingerprint density at radius 2 is 1.53 bits per heavy atom. The van der Waals surface area contributed by atoms with Gasteiger partial charge in [-0.25, -0.2) is 0 Å². The Kier molecular flexibility index (Phi) is 5.89. The van der Waals surface area contributed by atoms with Crippen LogP contribution in [0.5, 0.6) is 0 Å². The number of carbonyl (C=O) groups is 2. The van der Waals surface area contributed by atoms with Gasteiger partial charge in [0.15, 0.2) is 0 Å². The summed E-state index contributed by atoms with van der Waals surface area (Å²) in [5.41, 5.74) is 6.56. The Balaban J connectivity index is 1.12. The minimum atomic E-state index is -0.0654. The zero-order valence-corrected chi connectivity index (χ0v) is 21.6. The standard InChI is InChI=1S/C33H33N3O2/c37-32-21-35(33(38)31-18-28-17-27(25-11-12-25)13-14-30(28)36(31)32)20-29(16-22-5-2-1-3-6-22)34-19-23-7-4-8-26(15-23)24-9-10-24/h1-8,13-15,17-18,24-25,29,34H,9-12,16,19-21H2/t29-/m0/s1. The molecular weight excluding hydrogens is 470 g/mol. The number of hydrogen-bond donors (Lipinski definition) is 1. The number of aromatic nitrogens is 1. The molecule has 0 unspecified atom stereocenters. The van der Waals surface area contributed by atoms with E-state index in [4.69, 9.17) is 0 Å². The second kappa shape index (κ2) is 9.55. The number of nitrogens with one attached hydrogen (secondary N) is 1. The predicted octanol–water partition coefficient (Wildman–Crippen LogP) is 5.89. The van der Waals surface area contributed by atoms with Crippen LogP contribution < -0.4 is 5.32 Å². The first kappa shape index (κ1) is 23.4. The van der Waals surface area contributed by atoms with E-state index in [9.17, 15) is 9.59 Å². The third-order valence-electron chi connectivity index (χ3n) is 8.32. The Hall–Kier alpha value is -3.70. The van der Waals surface area contributed by atoms with Crippen molar-refractivity contribution in [2.75, 3.05) is 13.1 Å². The number of amides is 1. The van der Waals surface area contributed by atoms with Crippen molar-refractivity contribution in [3.8, 4) is 0 Å². The fraction of sp³-hybridized carbons (Fsp3) is 0.333. The molecule has 0 radical (unpaired) electrons. The molecule has 0 bridgehead atoms. The summed E-state index contributed by atoms with van der Waals surface area (Å²) < 4.78 is 1.63. The molecule has 3 aromatic carbocycles. The van der Waals surface area contributed by atoms with E-state index in [1.165, 1.54) is 47.9 Å². The molecule has 1 amide bonds. The van der Waals surface area contributed by atoms with Crippen LogP contribution in [0.15, 0.2) is 78.9 Å². The Morgan fingerprint density at radius 1 is 0.789 bits per heavy atom. The van der Waals surface area contributed by atoms with Gasteiger partial charge in [-0.2, -0.15) is 0 Å². The number of hydrogen-bond acceptors (Lipinski definition) is 3. The highest BCUT2D eigenvalue weighted by Crippen LogP contribution is 2.41. The van der Waals surface area contributed by atoms with Gasteiger partial charge in [0.05, 0.1) is 5.52 Å². The Bertz CT molecular complexity index is 1510. The van der Waals surface area contributed by atoms with Gasteiger partial charge in [-0.3, -0.25) is 14.2 Å². The third kappa shape index (κ3) is 4.67. The second-order valence-electron chi connectivity index (χ2n) is 11.3. The van der Waals surface area contributed by atoms with Gasteiger partial charge >= 0.3 is 0 Å². The van der Waals surface area contributed by atoms with Gasteiger partial charge < -0.3 is 10.2 Å². The van der Waals surface area contributed by atoms with E-state index < -0.39 is 0 Å². The second-order valence-corrected chi connectivity index (χ2v) is 11.3. The number of nitrogens with zero attached hydrogens (tertiary/aromatic N) is 2. The summed E-state index contributed by atoms with van der Waals surface area (Å²) in [6, 6.07) is 27.5. The van der Waals surface area contributed by atoms with Crippen molar-refractivity contribution in [1.29, 1.82) is 0 Å². The lowest BCUT2D eigenvalue weighted by Gasteiger charge is -2.31. The van der Waals surface area contributed by atoms with Crippen LogP contribution in [-0.2, 0) is 13.0 Å². The molecule has 1 atom stereocenters. The Morgan fingerprint density at radius 3 is 2.29 bits per heavy atom. The molecular formula is C33H33N3O2. The van der Waals surface area contributed by atoms with Crippen molar-refractivity contribution in [1.82, 2.24) is 14.8 Å². The predicted molar refractivity (Wildman–Crippen MR) is 150 cm³/mol. The number of carbonyl (C=O) groups excluding carboxylic acids is 2. The molecule has 0 saturated heterocycles. The van der Waals surface area contributed by atoms with Crippen LogP contribution in [0, 0.1) is 0 Å². The fourth-order valence-electron chi connectivity index (χ4n) is 5.95. The topological polar surface area (TPSA) is 54.3 Å². The highest BCUT2D eigenvalue weighted by molar-refractivity contribution is 6.09. The summed E-state index contributed by atoms with van der Waals surface area (Å²) in [6.45, 7) is 1.32. The number of fused-ring (bicyclic) bond motifs is 3. The van der Waals surface area contributed by atoms with Crippen LogP contribution in [0.4, 0.5) is 0 Å². The molecule has 2 aliphatic carbocycles. The molecule has 2 heterocycles. The summed E-state index contributed by atoms with van der Waals surface area (Å²) in [5, 5.41) is 4.71. The van der Waals surface area contributed by atoms with Gasteiger partial charge in [0.25, 0.3) is 11.8 Å². The maximum atomic E-state index is 13.7. The van der Waals surface area contributed by atoms with Gasteiger partial charge in [0.2, 0.25) is 0 Å². The van der Waals surface area contributed by atoms with Gasteiger partial charge in [0.1, 0.15) is 12.2 Å². The molecule has 7 rings (SSSR count). The number of benzene rings is 3. The molecule has 192 valence electrons. The molecule has 1 N–H and O–H groups in total. The minimum absolute atomic E-state index is 0.0242. The Labute approximate surface area is 223 Å². The van der Waals surface area contributed by atoms with Gasteiger partial charge in [0, 0.05) is 24.5 Å². The first-order valence-electron chi connectivity index (χ1n) is 14.0. The van der Waals surface area contributed by atoms with E-state index in [2.05, 4.69) is 66.0 Å². The SMILES string of the molecule is O=C1c2cc3cc(C4CC4)ccc3n2C(=O)CN1C[C@H](Cc1ccccc1)NCc1cccc(C2CC2)c1. The van der Waals surface area contributed by atoms with Crippen LogP contribution >= 0.6 is 0 Å². The van der Waals surface area contributed by atoms with E-state index in [0.717, 1.165) is 29.8 Å². The molecule has 1 aliphatic heterocycles. The van der Waals surface area contributed by atoms with Crippen molar-refractivity contribution in [2.45, 2.75) is 56.5 Å². The largest absolute Gasteiger partial charge is 0.326 e. The summed E-state index contributed by atoms with van der Waals surface area (Å²) in [7, 11) is 0. The summed E-state index contributed by atoms with van der Waals surface area (Å²) in [5.74, 6) is 1.25. The molecule has 1 aromatic heterocycles. The van der Waals surface area contributed by atoms with Gasteiger partial charge in [-0.15, -0.1) is 0 Å². The van der Waals surface area contributed by atoms with Crippen LogP contribution in [0.2, 0.25) is 0 Å². The normalized spacial score (nSPS) is 18.2. The summed E-state index contributed by atoms with van der Waals surface area (Å²) >= 11 is 0. The van der Waals surface area contributed by atoms with Crippen LogP contribution in [0.25, 0.3) is 10.9 Å². The van der Waals surface area contributed by atoms with Crippen molar-refractivity contribution in [3.63, 3.8) is 0 Å². The van der Waals surface area contributed by atoms with Crippen molar-refractivity contribution in [3.05, 3.63) is 107 Å². The summed E-state index contributed by atoms with van der Waals surface area (Å²) in [6.07, 6.45) is 5.82. The highest BCUT2D eigenvalue weighted by atomic mass is 16.2. The first-order valence-corrected chi connectivity index (χ1v) is 14.0. The third-order valence-corrected chi connectivity index (χ3v) is 8.32. The molecule has 3 aliphatic rings. The molecule has 0 spiro atoms. The van der Waals surface area contributed by atoms with Crippen LogP contribution in [-0.4, -0.2) is 40.4 Å². The molecule has 2 saturated carbocycles. The summed E-state index contributed by atoms with van der Waals surface area (Å²) in [4.78, 5) is 28.7. The van der Waals surface area contributed by atoms with E-state index in [1.54, 1.807) is 9.47 Å². The van der Waals surface area contributed by atoms with E-state index >= 15 is 0 Å². The quantitative estimate of drug-likeness (QED) is 0.310. The zero-order chi connectivity index (χ0) is 25.6. The van der Waals surface area contributed by atoms with Crippen molar-refractivity contribution in [2.24, 2.45) is 0 Å². The van der Waals surface area contributed by atoms with Crippen molar-refractivity contribution >= 4 is 22.7 Å². The fourth-order valence-corrected chi connectivity index (χ4v) is 5.95. The maximum absolute atomic E-state index is 13.7. The molecule has 38 heavy (non-hydrogen) atoms. The van der Waals surface area contributed by atoms with E-state index in [-0.39, 0.29) is 24.4 Å². The lowest BCUT2D eigenvalue weighted by atomic mass is 10.0. The van der Waals surface area contributed by atoms with Gasteiger partial charge in [-0.1, -0.05) is 60.7 Å². The average Bonchev–Trinajstić information content (AvgIpc) is 3.87. The van der Waals surface area contributed by atoms with Crippen molar-refractivity contribution < 1.29 is 9.59 Å². The molecule has 5 nitrogen and oxygen atoms in total. The van der Waals surface area contributed by atoms with E-state index in [1.807, 2.05) is 18.2 Å². The maximum Gasteiger partial charge on any atom is 0.271 e. The molecule has 5 heteroatoms. The number of rotatable bonds is 9. The lowest BCUT2D eigenvalue weighted by Crippen LogP contribution is -2.50. The first-order chi connectivity index (χ1) is 18.6. The highest BCUT2D eigenvalue weighted by Gasteiger charge is 2.33. The minimum Gasteiger partial charge on any atom is -0.326 e. The zero-order valence-electron chi connectivity index (χ0n) is 21.6. The lowest BCUT2D eigenvalue weighted by molar-refractivity contribution is 0.0608. The molecule has 4 aromatic rings. The smallest absolute Gasteiger partial charge is 0.271 e.